The zero-order chi connectivity index (χ0) is 19.6. The summed E-state index contributed by atoms with van der Waals surface area (Å²) in [6.07, 6.45) is 22.8. The zero-order valence-corrected chi connectivity index (χ0v) is 17.8. The molecular weight excluding hydrogens is 328 g/mol. The van der Waals surface area contributed by atoms with Gasteiger partial charge in [0.15, 0.2) is 5.78 Å². The molecule has 1 aromatic rings. The molecule has 0 aromatic heterocycles. The highest BCUT2D eigenvalue weighted by molar-refractivity contribution is 5.99. The molecule has 1 nitrogen and oxygen atoms in total. The fraction of sp³-hybridized carbons (Fsp3) is 0.654. The van der Waals surface area contributed by atoms with E-state index in [9.17, 15) is 4.79 Å². The minimum atomic E-state index is 0.264. The number of carbonyl (C=O) groups is 1. The van der Waals surface area contributed by atoms with Crippen LogP contribution in [0.5, 0.6) is 0 Å². The lowest BCUT2D eigenvalue weighted by atomic mass is 9.99. The van der Waals surface area contributed by atoms with Crippen molar-refractivity contribution >= 4 is 11.9 Å². The first-order valence-corrected chi connectivity index (χ1v) is 11.5. The van der Waals surface area contributed by atoms with Crippen LogP contribution in [0.3, 0.4) is 0 Å². The maximum absolute atomic E-state index is 12.3. The number of rotatable bonds is 18. The minimum Gasteiger partial charge on any atom is -0.294 e. The van der Waals surface area contributed by atoms with Crippen LogP contribution in [0.25, 0.3) is 6.08 Å². The maximum Gasteiger partial charge on any atom is 0.163 e. The molecule has 0 amide bonds. The molecule has 0 aliphatic carbocycles. The van der Waals surface area contributed by atoms with E-state index in [1.807, 2.05) is 24.3 Å². The Hall–Kier alpha value is -1.37. The summed E-state index contributed by atoms with van der Waals surface area (Å²) in [4.78, 5) is 12.3. The molecule has 27 heavy (non-hydrogen) atoms. The van der Waals surface area contributed by atoms with Gasteiger partial charge in [0, 0.05) is 12.0 Å². The van der Waals surface area contributed by atoms with E-state index in [1.54, 1.807) is 6.08 Å². The standard InChI is InChI=1S/C26H42O/c1-3-5-6-7-8-9-10-11-12-13-14-15-16-17-18-23-26(27)25-22-20-19-21-24(25)4-2/h4,19-22H,2-3,5-18,23H2,1H3. The molecular formula is C26H42O. The van der Waals surface area contributed by atoms with Gasteiger partial charge < -0.3 is 0 Å². The number of unbranched alkanes of at least 4 members (excludes halogenated alkanes) is 14. The second-order valence-electron chi connectivity index (χ2n) is 7.91. The molecule has 0 bridgehead atoms. The summed E-state index contributed by atoms with van der Waals surface area (Å²) in [5.74, 6) is 0.264. The Bertz CT molecular complexity index is 503. The van der Waals surface area contributed by atoms with Crippen LogP contribution in [0, 0.1) is 0 Å². The van der Waals surface area contributed by atoms with Crippen molar-refractivity contribution < 1.29 is 4.79 Å². The van der Waals surface area contributed by atoms with Gasteiger partial charge in [-0.25, -0.2) is 0 Å². The average molecular weight is 371 g/mol. The number of hydrogen-bond donors (Lipinski definition) is 0. The van der Waals surface area contributed by atoms with Gasteiger partial charge in [0.25, 0.3) is 0 Å². The van der Waals surface area contributed by atoms with Crippen LogP contribution < -0.4 is 0 Å². The summed E-state index contributed by atoms with van der Waals surface area (Å²) >= 11 is 0. The molecule has 0 saturated heterocycles. The predicted octanol–water partition coefficient (Wildman–Crippen LogP) is 8.77. The van der Waals surface area contributed by atoms with E-state index in [2.05, 4.69) is 13.5 Å². The quantitative estimate of drug-likeness (QED) is 0.186. The molecule has 0 N–H and O–H groups in total. The van der Waals surface area contributed by atoms with Gasteiger partial charge in [-0.2, -0.15) is 0 Å². The molecule has 1 heteroatoms. The Morgan fingerprint density at radius 1 is 0.741 bits per heavy atom. The second-order valence-corrected chi connectivity index (χ2v) is 7.91. The van der Waals surface area contributed by atoms with Gasteiger partial charge in [0.1, 0.15) is 0 Å². The van der Waals surface area contributed by atoms with Crippen molar-refractivity contribution in [1.29, 1.82) is 0 Å². The van der Waals surface area contributed by atoms with Crippen molar-refractivity contribution in [3.05, 3.63) is 42.0 Å². The van der Waals surface area contributed by atoms with Gasteiger partial charge in [-0.15, -0.1) is 0 Å². The molecule has 1 aromatic carbocycles. The molecule has 152 valence electrons. The molecule has 0 aliphatic heterocycles. The normalized spacial score (nSPS) is 10.9. The van der Waals surface area contributed by atoms with Gasteiger partial charge in [-0.1, -0.05) is 134 Å². The highest BCUT2D eigenvalue weighted by Crippen LogP contribution is 2.16. The van der Waals surface area contributed by atoms with Crippen molar-refractivity contribution in [2.24, 2.45) is 0 Å². The third-order valence-corrected chi connectivity index (χ3v) is 5.49. The van der Waals surface area contributed by atoms with Crippen LogP contribution in [0.15, 0.2) is 30.8 Å². The molecule has 1 rings (SSSR count). The van der Waals surface area contributed by atoms with Crippen molar-refractivity contribution in [1.82, 2.24) is 0 Å². The third-order valence-electron chi connectivity index (χ3n) is 5.49. The Kier molecular flexibility index (Phi) is 14.7. The number of carbonyl (C=O) groups excluding carboxylic acids is 1. The first kappa shape index (κ1) is 23.7. The lowest BCUT2D eigenvalue weighted by Gasteiger charge is -2.05. The fourth-order valence-corrected chi connectivity index (χ4v) is 3.72. The SMILES string of the molecule is C=Cc1ccccc1C(=O)CCCCCCCCCCCCCCCCC. The highest BCUT2D eigenvalue weighted by Gasteiger charge is 2.08. The Balaban J connectivity index is 1.89. The van der Waals surface area contributed by atoms with E-state index in [0.29, 0.717) is 6.42 Å². The molecule has 0 unspecified atom stereocenters. The van der Waals surface area contributed by atoms with E-state index in [1.165, 1.54) is 89.9 Å². The highest BCUT2D eigenvalue weighted by atomic mass is 16.1. The lowest BCUT2D eigenvalue weighted by molar-refractivity contribution is 0.0979. The van der Waals surface area contributed by atoms with E-state index < -0.39 is 0 Å². The average Bonchev–Trinajstić information content (AvgIpc) is 2.70. The molecule has 0 fully saturated rings. The summed E-state index contributed by atoms with van der Waals surface area (Å²) in [6, 6.07) is 7.78. The van der Waals surface area contributed by atoms with Gasteiger partial charge in [-0.05, 0) is 12.0 Å². The van der Waals surface area contributed by atoms with E-state index in [4.69, 9.17) is 0 Å². The fourth-order valence-electron chi connectivity index (χ4n) is 3.72. The number of hydrogen-bond acceptors (Lipinski definition) is 1. The van der Waals surface area contributed by atoms with Crippen molar-refractivity contribution in [3.63, 3.8) is 0 Å². The van der Waals surface area contributed by atoms with E-state index >= 15 is 0 Å². The molecule has 0 radical (unpaired) electrons. The Morgan fingerprint density at radius 2 is 1.19 bits per heavy atom. The smallest absolute Gasteiger partial charge is 0.163 e. The van der Waals surface area contributed by atoms with Crippen molar-refractivity contribution in [2.75, 3.05) is 0 Å². The zero-order valence-electron chi connectivity index (χ0n) is 17.8. The van der Waals surface area contributed by atoms with Gasteiger partial charge >= 0.3 is 0 Å². The second kappa shape index (κ2) is 16.8. The van der Waals surface area contributed by atoms with Crippen LogP contribution in [-0.4, -0.2) is 5.78 Å². The van der Waals surface area contributed by atoms with Crippen LogP contribution in [-0.2, 0) is 0 Å². The number of benzene rings is 1. The minimum absolute atomic E-state index is 0.264. The van der Waals surface area contributed by atoms with Crippen LogP contribution in [0.1, 0.15) is 126 Å². The van der Waals surface area contributed by atoms with Crippen LogP contribution in [0.2, 0.25) is 0 Å². The summed E-state index contributed by atoms with van der Waals surface area (Å²) in [7, 11) is 0. The predicted molar refractivity (Wildman–Crippen MR) is 120 cm³/mol. The van der Waals surface area contributed by atoms with Gasteiger partial charge in [0.05, 0.1) is 0 Å². The summed E-state index contributed by atoms with van der Waals surface area (Å²) in [6.45, 7) is 6.08. The maximum atomic E-state index is 12.3. The monoisotopic (exact) mass is 370 g/mol. The summed E-state index contributed by atoms with van der Waals surface area (Å²) in [5.41, 5.74) is 1.79. The Labute approximate surface area is 168 Å². The van der Waals surface area contributed by atoms with Gasteiger partial charge in [-0.3, -0.25) is 4.79 Å². The molecule has 0 spiro atoms. The first-order chi connectivity index (χ1) is 13.3. The van der Waals surface area contributed by atoms with Gasteiger partial charge in [0.2, 0.25) is 0 Å². The van der Waals surface area contributed by atoms with Crippen LogP contribution in [0.4, 0.5) is 0 Å². The number of ketones is 1. The summed E-state index contributed by atoms with van der Waals surface area (Å²) < 4.78 is 0. The molecule has 0 saturated carbocycles. The van der Waals surface area contributed by atoms with E-state index in [-0.39, 0.29) is 5.78 Å². The topological polar surface area (TPSA) is 17.1 Å². The number of Topliss-reactive ketones (excluding diaryl/α,β-unsaturated/α-hetero) is 1. The largest absolute Gasteiger partial charge is 0.294 e. The van der Waals surface area contributed by atoms with Crippen molar-refractivity contribution in [3.8, 4) is 0 Å². The molecule has 0 heterocycles. The third kappa shape index (κ3) is 11.8. The van der Waals surface area contributed by atoms with Crippen molar-refractivity contribution in [2.45, 2.75) is 110 Å². The Morgan fingerprint density at radius 3 is 1.67 bits per heavy atom. The van der Waals surface area contributed by atoms with E-state index in [0.717, 1.165) is 17.5 Å². The lowest BCUT2D eigenvalue weighted by Crippen LogP contribution is -2.01. The summed E-state index contributed by atoms with van der Waals surface area (Å²) in [5, 5.41) is 0. The molecule has 0 aliphatic rings. The first-order valence-electron chi connectivity index (χ1n) is 11.5. The molecule has 0 atom stereocenters. The van der Waals surface area contributed by atoms with Crippen LogP contribution >= 0.6 is 0 Å².